The van der Waals surface area contributed by atoms with Crippen LogP contribution in [0.1, 0.15) is 36.8 Å². The number of halogens is 2. The number of ether oxygens (including phenoxy) is 1. The van der Waals surface area contributed by atoms with Crippen molar-refractivity contribution in [1.82, 2.24) is 0 Å². The number of nitriles is 1. The molecule has 1 fully saturated rings. The van der Waals surface area contributed by atoms with E-state index < -0.39 is 12.4 Å². The molecule has 0 spiro atoms. The van der Waals surface area contributed by atoms with E-state index in [0.717, 1.165) is 6.42 Å². The minimum Gasteiger partial charge on any atom is -0.462 e. The minimum atomic E-state index is -2.54. The summed E-state index contributed by atoms with van der Waals surface area (Å²) in [6.45, 7) is 0. The molecule has 1 aliphatic carbocycles. The van der Waals surface area contributed by atoms with E-state index in [0.29, 0.717) is 18.4 Å². The normalized spacial score (nSPS) is 21.7. The van der Waals surface area contributed by atoms with Gasteiger partial charge in [-0.3, -0.25) is 4.79 Å². The molecule has 2 unspecified atom stereocenters. The number of benzene rings is 1. The predicted octanol–water partition coefficient (Wildman–Crippen LogP) is 3.40. The maximum Gasteiger partial charge on any atom is 0.310 e. The number of rotatable bonds is 4. The average molecular weight is 279 g/mol. The lowest BCUT2D eigenvalue weighted by atomic mass is 10.1. The Morgan fingerprint density at radius 1 is 1.45 bits per heavy atom. The van der Waals surface area contributed by atoms with Gasteiger partial charge in [-0.05, 0) is 24.5 Å². The maximum atomic E-state index is 12.5. The van der Waals surface area contributed by atoms with Crippen molar-refractivity contribution in [3.8, 4) is 6.07 Å². The Morgan fingerprint density at radius 3 is 2.90 bits per heavy atom. The monoisotopic (exact) mass is 279 g/mol. The van der Waals surface area contributed by atoms with Crippen LogP contribution in [0.2, 0.25) is 0 Å². The average Bonchev–Trinajstić information content (AvgIpc) is 2.86. The second-order valence-electron chi connectivity index (χ2n) is 4.97. The fourth-order valence-electron chi connectivity index (χ4n) is 2.40. The van der Waals surface area contributed by atoms with Crippen LogP contribution in [0.25, 0.3) is 0 Å². The van der Waals surface area contributed by atoms with Crippen LogP contribution in [-0.4, -0.2) is 12.1 Å². The minimum absolute atomic E-state index is 0.0196. The first kappa shape index (κ1) is 14.4. The van der Waals surface area contributed by atoms with Crippen LogP contribution >= 0.6 is 0 Å². The van der Waals surface area contributed by atoms with Crippen molar-refractivity contribution in [1.29, 1.82) is 5.26 Å². The lowest BCUT2D eigenvalue weighted by Crippen LogP contribution is -2.17. The molecule has 0 aliphatic heterocycles. The Bertz CT molecular complexity index is 525. The fourth-order valence-corrected chi connectivity index (χ4v) is 2.40. The van der Waals surface area contributed by atoms with Crippen LogP contribution in [0, 0.1) is 17.2 Å². The van der Waals surface area contributed by atoms with Gasteiger partial charge in [-0.2, -0.15) is 5.26 Å². The third-order valence-corrected chi connectivity index (χ3v) is 3.42. The van der Waals surface area contributed by atoms with Gasteiger partial charge >= 0.3 is 5.97 Å². The van der Waals surface area contributed by atoms with Gasteiger partial charge in [0.25, 0.3) is 6.43 Å². The number of alkyl halides is 2. The topological polar surface area (TPSA) is 50.1 Å². The summed E-state index contributed by atoms with van der Waals surface area (Å²) in [7, 11) is 0. The summed E-state index contributed by atoms with van der Waals surface area (Å²) in [5, 5.41) is 8.77. The van der Waals surface area contributed by atoms with E-state index in [1.807, 2.05) is 0 Å². The molecular formula is C15H15F2NO2. The van der Waals surface area contributed by atoms with E-state index in [2.05, 4.69) is 6.07 Å². The van der Waals surface area contributed by atoms with Gasteiger partial charge in [0.2, 0.25) is 0 Å². The molecule has 0 bridgehead atoms. The number of nitrogens with zero attached hydrogens (tertiary/aromatic N) is 1. The summed E-state index contributed by atoms with van der Waals surface area (Å²) >= 11 is 0. The highest BCUT2D eigenvalue weighted by Gasteiger charge is 2.27. The summed E-state index contributed by atoms with van der Waals surface area (Å²) < 4.78 is 30.4. The molecule has 1 aromatic carbocycles. The van der Waals surface area contributed by atoms with Crippen LogP contribution in [0.3, 0.4) is 0 Å². The zero-order valence-corrected chi connectivity index (χ0v) is 10.9. The first-order chi connectivity index (χ1) is 9.58. The van der Waals surface area contributed by atoms with Crippen LogP contribution < -0.4 is 0 Å². The highest BCUT2D eigenvalue weighted by atomic mass is 19.3. The maximum absolute atomic E-state index is 12.5. The Kier molecular flexibility index (Phi) is 4.67. The molecule has 0 heterocycles. The van der Waals surface area contributed by atoms with Crippen molar-refractivity contribution in [2.75, 3.05) is 0 Å². The van der Waals surface area contributed by atoms with Crippen molar-refractivity contribution in [2.45, 2.75) is 38.2 Å². The molecule has 1 aliphatic rings. The summed E-state index contributed by atoms with van der Waals surface area (Å²) in [5.74, 6) is -0.477. The van der Waals surface area contributed by atoms with Crippen LogP contribution in [0.15, 0.2) is 24.3 Å². The summed E-state index contributed by atoms with van der Waals surface area (Å²) in [5.41, 5.74) is 0.420. The molecule has 2 atom stereocenters. The van der Waals surface area contributed by atoms with Gasteiger partial charge in [0.05, 0.1) is 12.5 Å². The molecule has 0 N–H and O–H groups in total. The lowest BCUT2D eigenvalue weighted by molar-refractivity contribution is -0.147. The van der Waals surface area contributed by atoms with Crippen LogP contribution in [-0.2, 0) is 16.0 Å². The van der Waals surface area contributed by atoms with Crippen LogP contribution in [0.5, 0.6) is 0 Å². The highest BCUT2D eigenvalue weighted by Crippen LogP contribution is 2.27. The molecule has 5 heteroatoms. The van der Waals surface area contributed by atoms with Crippen molar-refractivity contribution < 1.29 is 18.3 Å². The van der Waals surface area contributed by atoms with Crippen molar-refractivity contribution in [2.24, 2.45) is 5.92 Å². The summed E-state index contributed by atoms with van der Waals surface area (Å²) in [4.78, 5) is 11.8. The van der Waals surface area contributed by atoms with E-state index in [9.17, 15) is 13.6 Å². The molecule has 3 nitrogen and oxygen atoms in total. The van der Waals surface area contributed by atoms with Gasteiger partial charge in [0.15, 0.2) is 0 Å². The molecule has 1 saturated carbocycles. The number of hydrogen-bond donors (Lipinski definition) is 0. The summed E-state index contributed by atoms with van der Waals surface area (Å²) in [6, 6.07) is 7.94. The van der Waals surface area contributed by atoms with E-state index in [1.165, 1.54) is 18.2 Å². The number of carbonyl (C=O) groups is 1. The molecule has 0 amide bonds. The smallest absolute Gasteiger partial charge is 0.310 e. The largest absolute Gasteiger partial charge is 0.462 e. The van der Waals surface area contributed by atoms with Gasteiger partial charge in [-0.25, -0.2) is 8.78 Å². The Morgan fingerprint density at radius 2 is 2.25 bits per heavy atom. The van der Waals surface area contributed by atoms with Gasteiger partial charge in [-0.1, -0.05) is 18.2 Å². The molecule has 0 saturated heterocycles. The number of hydrogen-bond acceptors (Lipinski definition) is 3. The van der Waals surface area contributed by atoms with Crippen molar-refractivity contribution >= 4 is 5.97 Å². The third kappa shape index (κ3) is 3.77. The van der Waals surface area contributed by atoms with E-state index >= 15 is 0 Å². The molecule has 2 rings (SSSR count). The van der Waals surface area contributed by atoms with Crippen molar-refractivity contribution in [3.63, 3.8) is 0 Å². The standard InChI is InChI=1S/C15H15F2NO2/c16-15(17)12-3-1-2-10(6-12)8-14(19)20-13-5-4-11(7-13)9-18/h1-3,6,11,13,15H,4-5,7-8H2. The quantitative estimate of drug-likeness (QED) is 0.794. The lowest BCUT2D eigenvalue weighted by Gasteiger charge is -2.11. The van der Waals surface area contributed by atoms with Gasteiger partial charge < -0.3 is 4.74 Å². The third-order valence-electron chi connectivity index (χ3n) is 3.42. The van der Waals surface area contributed by atoms with Crippen LogP contribution in [0.4, 0.5) is 8.78 Å². The zero-order valence-electron chi connectivity index (χ0n) is 10.9. The second kappa shape index (κ2) is 6.47. The van der Waals surface area contributed by atoms with Crippen molar-refractivity contribution in [3.05, 3.63) is 35.4 Å². The number of carbonyl (C=O) groups excluding carboxylic acids is 1. The number of esters is 1. The van der Waals surface area contributed by atoms with E-state index in [4.69, 9.17) is 10.00 Å². The van der Waals surface area contributed by atoms with E-state index in [-0.39, 0.29) is 24.0 Å². The Balaban J connectivity index is 1.89. The van der Waals surface area contributed by atoms with Gasteiger partial charge in [-0.15, -0.1) is 0 Å². The van der Waals surface area contributed by atoms with Gasteiger partial charge in [0, 0.05) is 17.9 Å². The zero-order chi connectivity index (χ0) is 14.5. The molecule has 20 heavy (non-hydrogen) atoms. The molecular weight excluding hydrogens is 264 g/mol. The first-order valence-corrected chi connectivity index (χ1v) is 6.54. The first-order valence-electron chi connectivity index (χ1n) is 6.54. The summed E-state index contributed by atoms with van der Waals surface area (Å²) in [6.07, 6.45) is -0.771. The molecule has 1 aromatic rings. The molecule has 106 valence electrons. The van der Waals surface area contributed by atoms with Gasteiger partial charge in [0.1, 0.15) is 6.10 Å². The predicted molar refractivity (Wildman–Crippen MR) is 67.9 cm³/mol. The Hall–Kier alpha value is -1.96. The second-order valence-corrected chi connectivity index (χ2v) is 4.97. The Labute approximate surface area is 116 Å². The molecule has 0 aromatic heterocycles. The fraction of sp³-hybridized carbons (Fsp3) is 0.467. The highest BCUT2D eigenvalue weighted by molar-refractivity contribution is 5.72. The molecule has 0 radical (unpaired) electrons. The van der Waals surface area contributed by atoms with E-state index in [1.54, 1.807) is 6.07 Å². The SMILES string of the molecule is N#CC1CCC(OC(=O)Cc2cccc(C(F)F)c2)C1.